The van der Waals surface area contributed by atoms with Crippen molar-refractivity contribution in [3.05, 3.63) is 47.5 Å². The van der Waals surface area contributed by atoms with E-state index in [0.717, 1.165) is 0 Å². The number of amides is 1. The molecule has 150 valence electrons. The number of furan rings is 1. The monoisotopic (exact) mass is 414 g/mol. The van der Waals surface area contributed by atoms with E-state index < -0.39 is 12.2 Å². The highest BCUT2D eigenvalue weighted by Crippen LogP contribution is 2.31. The molecule has 0 aliphatic carbocycles. The summed E-state index contributed by atoms with van der Waals surface area (Å²) in [6, 6.07) is 7.08. The summed E-state index contributed by atoms with van der Waals surface area (Å²) >= 11 is 1.50. The van der Waals surface area contributed by atoms with E-state index in [0.29, 0.717) is 29.7 Å². The third-order valence-corrected chi connectivity index (χ3v) is 5.46. The van der Waals surface area contributed by atoms with E-state index in [9.17, 15) is 4.79 Å². The second-order valence-corrected chi connectivity index (χ2v) is 7.45. The maximum Gasteiger partial charge on any atom is 0.412 e. The van der Waals surface area contributed by atoms with Crippen LogP contribution in [0.25, 0.3) is 11.5 Å². The molecule has 0 unspecified atom stereocenters. The maximum absolute atomic E-state index is 12.1. The van der Waals surface area contributed by atoms with Gasteiger partial charge in [0.15, 0.2) is 11.9 Å². The highest BCUT2D eigenvalue weighted by molar-refractivity contribution is 7.08. The number of aromatic nitrogens is 2. The van der Waals surface area contributed by atoms with Gasteiger partial charge < -0.3 is 23.9 Å². The number of carbonyl (C=O) groups is 1. The van der Waals surface area contributed by atoms with Crippen LogP contribution in [0, 0.1) is 0 Å². The van der Waals surface area contributed by atoms with Gasteiger partial charge in [0.25, 0.3) is 0 Å². The zero-order valence-corrected chi connectivity index (χ0v) is 16.0. The number of nitrogens with zero attached hydrogens (tertiary/aromatic N) is 2. The minimum Gasteiger partial charge on any atom is -0.463 e. The Morgan fingerprint density at radius 2 is 2.14 bits per heavy atom. The lowest BCUT2D eigenvalue weighted by Crippen LogP contribution is -2.38. The van der Waals surface area contributed by atoms with Crippen LogP contribution in [0.1, 0.15) is 0 Å². The van der Waals surface area contributed by atoms with Gasteiger partial charge in [0.2, 0.25) is 5.95 Å². The molecule has 0 saturated carbocycles. The fraction of sp³-hybridized carbons (Fsp3) is 0.316. The summed E-state index contributed by atoms with van der Waals surface area (Å²) in [5, 5.41) is 9.66. The molecule has 2 N–H and O–H groups in total. The van der Waals surface area contributed by atoms with Crippen molar-refractivity contribution in [2.45, 2.75) is 24.4 Å². The van der Waals surface area contributed by atoms with Crippen molar-refractivity contribution in [1.29, 1.82) is 0 Å². The first kappa shape index (κ1) is 18.1. The molecule has 4 atom stereocenters. The number of anilines is 2. The Balaban J connectivity index is 1.20. The van der Waals surface area contributed by atoms with Crippen molar-refractivity contribution in [1.82, 2.24) is 9.97 Å². The topological polar surface area (TPSA) is 108 Å². The Labute approximate surface area is 170 Å². The van der Waals surface area contributed by atoms with Crippen LogP contribution in [0.15, 0.2) is 51.9 Å². The summed E-state index contributed by atoms with van der Waals surface area (Å²) in [7, 11) is 0. The number of fused-ring (bicyclic) bond motifs is 1. The molecule has 2 aliphatic rings. The number of rotatable bonds is 5. The molecule has 2 aliphatic heterocycles. The average molecular weight is 414 g/mol. The SMILES string of the molecule is O=C(Nc1ccsc1)O[C@@H]1CO[C@H]2[C@@H]1OC[C@@H]2Nc1nccc(-c2ccco2)n1. The van der Waals surface area contributed by atoms with Crippen LogP contribution in [-0.4, -0.2) is 53.6 Å². The normalized spacial score (nSPS) is 25.5. The van der Waals surface area contributed by atoms with Crippen LogP contribution in [0.4, 0.5) is 16.4 Å². The van der Waals surface area contributed by atoms with E-state index in [4.69, 9.17) is 18.6 Å². The maximum atomic E-state index is 12.1. The standard InChI is InChI=1S/C19H18N4O5S/c24-19(21-11-4-7-29-10-11)28-15-9-27-16-13(8-26-17(15)16)23-18-20-5-3-12(22-18)14-2-1-6-25-14/h1-7,10,13,15-17H,8-9H2,(H,21,24)(H,20,22,23)/t13-,15+,16+,17+/m0/s1. The quantitative estimate of drug-likeness (QED) is 0.656. The van der Waals surface area contributed by atoms with Crippen LogP contribution in [-0.2, 0) is 14.2 Å². The molecule has 3 aromatic rings. The summed E-state index contributed by atoms with van der Waals surface area (Å²) in [4.78, 5) is 20.8. The van der Waals surface area contributed by atoms with Gasteiger partial charge in [-0.3, -0.25) is 5.32 Å². The first-order valence-electron chi connectivity index (χ1n) is 9.13. The van der Waals surface area contributed by atoms with Crippen LogP contribution >= 0.6 is 11.3 Å². The van der Waals surface area contributed by atoms with Gasteiger partial charge in [0.05, 0.1) is 31.2 Å². The third kappa shape index (κ3) is 3.82. The Morgan fingerprint density at radius 1 is 1.21 bits per heavy atom. The van der Waals surface area contributed by atoms with Gasteiger partial charge in [-0.15, -0.1) is 0 Å². The zero-order valence-electron chi connectivity index (χ0n) is 15.2. The lowest BCUT2D eigenvalue weighted by atomic mass is 10.1. The van der Waals surface area contributed by atoms with Crippen molar-refractivity contribution in [3.8, 4) is 11.5 Å². The molecule has 29 heavy (non-hydrogen) atoms. The highest BCUT2D eigenvalue weighted by atomic mass is 32.1. The molecule has 0 radical (unpaired) electrons. The fourth-order valence-corrected chi connectivity index (χ4v) is 4.05. The molecular weight excluding hydrogens is 396 g/mol. The van der Waals surface area contributed by atoms with E-state index in [1.165, 1.54) is 11.3 Å². The number of hydrogen-bond acceptors (Lipinski definition) is 9. The van der Waals surface area contributed by atoms with Crippen LogP contribution < -0.4 is 10.6 Å². The van der Waals surface area contributed by atoms with Gasteiger partial charge in [-0.2, -0.15) is 11.3 Å². The minimum absolute atomic E-state index is 0.152. The molecule has 5 heterocycles. The van der Waals surface area contributed by atoms with Crippen LogP contribution in [0.5, 0.6) is 0 Å². The van der Waals surface area contributed by atoms with Crippen LogP contribution in [0.2, 0.25) is 0 Å². The summed E-state index contributed by atoms with van der Waals surface area (Å²) in [5.41, 5.74) is 1.39. The summed E-state index contributed by atoms with van der Waals surface area (Å²) in [6.07, 6.45) is 1.67. The number of thiophene rings is 1. The molecule has 9 nitrogen and oxygen atoms in total. The van der Waals surface area contributed by atoms with E-state index in [1.807, 2.05) is 22.9 Å². The molecule has 3 aromatic heterocycles. The zero-order chi connectivity index (χ0) is 19.6. The summed E-state index contributed by atoms with van der Waals surface area (Å²) < 4.78 is 22.6. The number of hydrogen-bond donors (Lipinski definition) is 2. The van der Waals surface area contributed by atoms with E-state index in [2.05, 4.69) is 20.6 Å². The molecule has 1 amide bonds. The lowest BCUT2D eigenvalue weighted by Gasteiger charge is -2.18. The van der Waals surface area contributed by atoms with Crippen molar-refractivity contribution >= 4 is 29.1 Å². The van der Waals surface area contributed by atoms with Crippen molar-refractivity contribution in [3.63, 3.8) is 0 Å². The van der Waals surface area contributed by atoms with Gasteiger partial charge >= 0.3 is 6.09 Å². The summed E-state index contributed by atoms with van der Waals surface area (Å²) in [6.45, 7) is 0.674. The fourth-order valence-electron chi connectivity index (χ4n) is 3.46. The van der Waals surface area contributed by atoms with Gasteiger partial charge in [-0.1, -0.05) is 0 Å². The molecule has 2 fully saturated rings. The second-order valence-electron chi connectivity index (χ2n) is 6.67. The second kappa shape index (κ2) is 7.82. The van der Waals surface area contributed by atoms with E-state index >= 15 is 0 Å². The van der Waals surface area contributed by atoms with Crippen molar-refractivity contribution < 1.29 is 23.4 Å². The van der Waals surface area contributed by atoms with Gasteiger partial charge in [-0.05, 0) is 29.6 Å². The Kier molecular flexibility index (Phi) is 4.88. The first-order valence-corrected chi connectivity index (χ1v) is 10.1. The first-order chi connectivity index (χ1) is 14.3. The lowest BCUT2D eigenvalue weighted by molar-refractivity contribution is 0.00917. The Hall–Kier alpha value is -2.95. The number of ether oxygens (including phenoxy) is 3. The number of nitrogens with one attached hydrogen (secondary N) is 2. The largest absolute Gasteiger partial charge is 0.463 e. The molecule has 0 spiro atoms. The third-order valence-electron chi connectivity index (χ3n) is 4.78. The van der Waals surface area contributed by atoms with E-state index in [1.54, 1.807) is 24.6 Å². The average Bonchev–Trinajstić information content (AvgIpc) is 3.50. The van der Waals surface area contributed by atoms with Gasteiger partial charge in [-0.25, -0.2) is 14.8 Å². The molecule has 0 aromatic carbocycles. The van der Waals surface area contributed by atoms with Crippen molar-refractivity contribution in [2.24, 2.45) is 0 Å². The molecule has 10 heteroatoms. The Bertz CT molecular complexity index is 965. The number of carbonyl (C=O) groups excluding carboxylic acids is 1. The molecule has 2 saturated heterocycles. The van der Waals surface area contributed by atoms with Gasteiger partial charge in [0, 0.05) is 11.6 Å². The van der Waals surface area contributed by atoms with Crippen molar-refractivity contribution in [2.75, 3.05) is 23.8 Å². The highest BCUT2D eigenvalue weighted by Gasteiger charge is 2.49. The molecule has 5 rings (SSSR count). The molecule has 0 bridgehead atoms. The van der Waals surface area contributed by atoms with Gasteiger partial charge in [0.1, 0.15) is 17.9 Å². The molecular formula is C19H18N4O5S. The minimum atomic E-state index is -0.521. The predicted octanol–water partition coefficient (Wildman–Crippen LogP) is 2.99. The summed E-state index contributed by atoms with van der Waals surface area (Å²) in [5.74, 6) is 1.12. The van der Waals surface area contributed by atoms with Crippen LogP contribution in [0.3, 0.4) is 0 Å². The predicted molar refractivity (Wildman–Crippen MR) is 105 cm³/mol. The Morgan fingerprint density at radius 3 is 2.97 bits per heavy atom. The smallest absolute Gasteiger partial charge is 0.412 e. The van der Waals surface area contributed by atoms with E-state index in [-0.39, 0.29) is 24.9 Å².